The number of carbonyl (C=O) groups excluding carboxylic acids is 1. The molecule has 0 amide bonds. The van der Waals surface area contributed by atoms with Gasteiger partial charge in [0, 0.05) is 6.42 Å². The van der Waals surface area contributed by atoms with E-state index in [0.29, 0.717) is 6.42 Å². The van der Waals surface area contributed by atoms with Gasteiger partial charge >= 0.3 is 23.3 Å². The third-order valence-corrected chi connectivity index (χ3v) is 0.682. The van der Waals surface area contributed by atoms with Crippen LogP contribution in [-0.2, 0) is 9.53 Å². The second-order valence-electron chi connectivity index (χ2n) is 1.33. The van der Waals surface area contributed by atoms with Crippen molar-refractivity contribution in [2.45, 2.75) is 19.8 Å². The maximum Gasteiger partial charge on any atom is 3.00 e. The summed E-state index contributed by atoms with van der Waals surface area (Å²) in [6.45, 7) is 1.94. The molecule has 66 valence electrons. The second kappa shape index (κ2) is 22.4. The molecule has 0 atom stereocenters. The summed E-state index contributed by atoms with van der Waals surface area (Å²) in [6, 6.07) is 0. The van der Waals surface area contributed by atoms with Crippen LogP contribution in [0.25, 0.3) is 0 Å². The fourth-order valence-electron chi connectivity index (χ4n) is 0.306. The predicted molar refractivity (Wildman–Crippen MR) is 32.7 cm³/mol. The molecule has 0 aliphatic carbocycles. The number of esters is 1. The molecule has 0 aliphatic heterocycles. The first-order valence-electron chi connectivity index (χ1n) is 2.38. The molecule has 0 aromatic carbocycles. The van der Waals surface area contributed by atoms with Crippen molar-refractivity contribution < 1.29 is 46.8 Å². The normalized spacial score (nSPS) is 5.27. The molecular weight excluding hydrogens is 225 g/mol. The van der Waals surface area contributed by atoms with Crippen molar-refractivity contribution in [1.82, 2.24) is 0 Å². The van der Waals surface area contributed by atoms with Gasteiger partial charge in [-0.1, -0.05) is 6.92 Å². The van der Waals surface area contributed by atoms with Gasteiger partial charge in [-0.3, -0.25) is 4.79 Å². The van der Waals surface area contributed by atoms with Gasteiger partial charge in [-0.05, 0) is 6.42 Å². The molecule has 0 radical (unpaired) electrons. The van der Waals surface area contributed by atoms with Crippen LogP contribution in [0.1, 0.15) is 19.8 Å². The summed E-state index contributed by atoms with van der Waals surface area (Å²) in [5.74, 6) is -0.123. The van der Waals surface area contributed by atoms with Crippen molar-refractivity contribution in [3.63, 3.8) is 0 Å². The molecule has 0 fully saturated rings. The topological polar surface area (TPSA) is 26.3 Å². The van der Waals surface area contributed by atoms with E-state index < -0.39 is 0 Å². The molecule has 2 nitrogen and oxygen atoms in total. The van der Waals surface area contributed by atoms with Crippen LogP contribution in [0, 0.1) is 0 Å². The standard InChI is InChI=1S/C5H10O2.Al.3ClH/c1-3-4-5(6)7-2;;;;/h3-4H2,1-2H3;;3*1H/q;+3;;;/p-3. The summed E-state index contributed by atoms with van der Waals surface area (Å²) in [4.78, 5) is 10.2. The number of halogens is 3. The maximum absolute atomic E-state index is 10.2. The molecular formula is C5H10AlCl3O2. The number of rotatable bonds is 2. The molecule has 0 aromatic rings. The molecule has 0 spiro atoms. The molecule has 0 saturated carbocycles. The molecule has 0 N–H and O–H groups in total. The minimum atomic E-state index is -0.123. The number of ether oxygens (including phenoxy) is 1. The van der Waals surface area contributed by atoms with E-state index in [2.05, 4.69) is 4.74 Å². The second-order valence-corrected chi connectivity index (χ2v) is 1.33. The first kappa shape index (κ1) is 29.7. The van der Waals surface area contributed by atoms with Crippen LogP contribution in [0.15, 0.2) is 0 Å². The Morgan fingerprint density at radius 2 is 1.64 bits per heavy atom. The first-order valence-corrected chi connectivity index (χ1v) is 2.38. The Morgan fingerprint density at radius 3 is 1.73 bits per heavy atom. The van der Waals surface area contributed by atoms with Crippen LogP contribution in [-0.4, -0.2) is 30.4 Å². The zero-order valence-corrected chi connectivity index (χ0v) is 9.86. The van der Waals surface area contributed by atoms with Crippen LogP contribution < -0.4 is 37.2 Å². The smallest absolute Gasteiger partial charge is 1.00 e. The van der Waals surface area contributed by atoms with E-state index in [9.17, 15) is 4.79 Å². The van der Waals surface area contributed by atoms with Gasteiger partial charge in [0.15, 0.2) is 0 Å². The van der Waals surface area contributed by atoms with Crippen LogP contribution in [0.2, 0.25) is 0 Å². The summed E-state index contributed by atoms with van der Waals surface area (Å²) in [6.07, 6.45) is 1.41. The molecule has 11 heavy (non-hydrogen) atoms. The Morgan fingerprint density at radius 1 is 1.27 bits per heavy atom. The van der Waals surface area contributed by atoms with Crippen molar-refractivity contribution in [2.24, 2.45) is 0 Å². The summed E-state index contributed by atoms with van der Waals surface area (Å²) < 4.78 is 4.35. The molecule has 6 heteroatoms. The third-order valence-electron chi connectivity index (χ3n) is 0.682. The van der Waals surface area contributed by atoms with Crippen molar-refractivity contribution in [3.8, 4) is 0 Å². The van der Waals surface area contributed by atoms with E-state index in [1.807, 2.05) is 6.92 Å². The molecule has 0 rings (SSSR count). The number of hydrogen-bond acceptors (Lipinski definition) is 2. The summed E-state index contributed by atoms with van der Waals surface area (Å²) in [5, 5.41) is 0. The van der Waals surface area contributed by atoms with Gasteiger partial charge in [0.1, 0.15) is 0 Å². The van der Waals surface area contributed by atoms with E-state index in [-0.39, 0.29) is 60.6 Å². The Kier molecular flexibility index (Phi) is 60.6. The van der Waals surface area contributed by atoms with E-state index in [1.54, 1.807) is 0 Å². The molecule has 0 bridgehead atoms. The fourth-order valence-corrected chi connectivity index (χ4v) is 0.306. The number of carbonyl (C=O) groups is 1. The maximum atomic E-state index is 10.2. The number of methoxy groups -OCH3 is 1. The van der Waals surface area contributed by atoms with Crippen LogP contribution in [0.5, 0.6) is 0 Å². The molecule has 0 unspecified atom stereocenters. The van der Waals surface area contributed by atoms with Crippen molar-refractivity contribution in [1.29, 1.82) is 0 Å². The van der Waals surface area contributed by atoms with Crippen molar-refractivity contribution >= 4 is 23.3 Å². The minimum absolute atomic E-state index is 0. The Balaban J connectivity index is -0.0000000300. The number of hydrogen-bond donors (Lipinski definition) is 0. The van der Waals surface area contributed by atoms with Gasteiger partial charge in [-0.25, -0.2) is 0 Å². The third kappa shape index (κ3) is 24.8. The molecule has 0 saturated heterocycles. The summed E-state index contributed by atoms with van der Waals surface area (Å²) in [5.41, 5.74) is 0. The van der Waals surface area contributed by atoms with Gasteiger partial charge in [-0.15, -0.1) is 0 Å². The quantitative estimate of drug-likeness (QED) is 0.351. The largest absolute Gasteiger partial charge is 3.00 e. The predicted octanol–water partition coefficient (Wildman–Crippen LogP) is -8.41. The zero-order chi connectivity index (χ0) is 5.70. The van der Waals surface area contributed by atoms with E-state index in [4.69, 9.17) is 0 Å². The molecule has 0 heterocycles. The average molecular weight is 235 g/mol. The van der Waals surface area contributed by atoms with Crippen molar-refractivity contribution in [3.05, 3.63) is 0 Å². The SMILES string of the molecule is CCCC(=O)OC.[Al+3].[Cl-].[Cl-].[Cl-]. The van der Waals surface area contributed by atoms with Crippen LogP contribution >= 0.6 is 0 Å². The van der Waals surface area contributed by atoms with E-state index in [0.717, 1.165) is 6.42 Å². The van der Waals surface area contributed by atoms with Crippen LogP contribution in [0.4, 0.5) is 0 Å². The molecule has 0 aromatic heterocycles. The summed E-state index contributed by atoms with van der Waals surface area (Å²) >= 11 is 0. The van der Waals surface area contributed by atoms with E-state index >= 15 is 0 Å². The van der Waals surface area contributed by atoms with Crippen molar-refractivity contribution in [2.75, 3.05) is 7.11 Å². The minimum Gasteiger partial charge on any atom is -1.00 e. The summed E-state index contributed by atoms with van der Waals surface area (Å²) in [7, 11) is 1.40. The Labute approximate surface area is 96.8 Å². The Bertz CT molecular complexity index is 72.7. The fraction of sp³-hybridized carbons (Fsp3) is 0.800. The van der Waals surface area contributed by atoms with E-state index in [1.165, 1.54) is 7.11 Å². The first-order chi connectivity index (χ1) is 3.31. The zero-order valence-electron chi connectivity index (χ0n) is 6.44. The van der Waals surface area contributed by atoms with Crippen LogP contribution in [0.3, 0.4) is 0 Å². The van der Waals surface area contributed by atoms with Gasteiger partial charge in [-0.2, -0.15) is 0 Å². The Hall–Kier alpha value is 0.872. The van der Waals surface area contributed by atoms with Gasteiger partial charge in [0.25, 0.3) is 0 Å². The van der Waals surface area contributed by atoms with Gasteiger partial charge < -0.3 is 42.0 Å². The monoisotopic (exact) mass is 234 g/mol. The van der Waals surface area contributed by atoms with Gasteiger partial charge in [0.05, 0.1) is 7.11 Å². The average Bonchev–Trinajstić information content (AvgIpc) is 1.68. The molecule has 0 aliphatic rings. The van der Waals surface area contributed by atoms with Gasteiger partial charge in [0.2, 0.25) is 0 Å².